The molecule has 1 saturated heterocycles. The van der Waals surface area contributed by atoms with Crippen LogP contribution in [0.2, 0.25) is 0 Å². The van der Waals surface area contributed by atoms with E-state index < -0.39 is 0 Å². The van der Waals surface area contributed by atoms with Crippen LogP contribution in [-0.4, -0.2) is 36.5 Å². The average Bonchev–Trinajstić information content (AvgIpc) is 3.09. The molecule has 1 atom stereocenters. The van der Waals surface area contributed by atoms with Crippen molar-refractivity contribution in [1.29, 1.82) is 0 Å². The molecule has 0 amide bonds. The number of hydrogen-bond donors (Lipinski definition) is 2. The highest BCUT2D eigenvalue weighted by Gasteiger charge is 2.26. The highest BCUT2D eigenvalue weighted by Crippen LogP contribution is 2.27. The Morgan fingerprint density at radius 2 is 1.94 bits per heavy atom. The number of allylic oxidation sites excluding steroid dienone is 3. The molecular weight excluding hydrogens is 442 g/mol. The Balaban J connectivity index is 1.79. The van der Waals surface area contributed by atoms with Gasteiger partial charge in [0.05, 0.1) is 23.1 Å². The average molecular weight is 482 g/mol. The van der Waals surface area contributed by atoms with E-state index in [4.69, 9.17) is 5.73 Å². The molecule has 188 valence electrons. The number of nitrogens with two attached hydrogens (primary N) is 1. The lowest BCUT2D eigenvalue weighted by Crippen LogP contribution is -2.46. The number of benzene rings is 1. The van der Waals surface area contributed by atoms with Crippen LogP contribution in [0.5, 0.6) is 0 Å². The zero-order valence-corrected chi connectivity index (χ0v) is 22.0. The van der Waals surface area contributed by atoms with Gasteiger partial charge in [-0.1, -0.05) is 49.8 Å². The Hall–Kier alpha value is -3.91. The van der Waals surface area contributed by atoms with E-state index in [1.807, 2.05) is 27.0 Å². The lowest BCUT2D eigenvalue weighted by atomic mass is 9.99. The smallest absolute Gasteiger partial charge is 0.0734 e. The molecular formula is C31H39N5. The number of nitrogens with one attached hydrogen (secondary N) is 1. The molecule has 1 aliphatic heterocycles. The van der Waals surface area contributed by atoms with Crippen molar-refractivity contribution in [2.24, 2.45) is 16.6 Å². The van der Waals surface area contributed by atoms with Crippen LogP contribution in [0.25, 0.3) is 23.9 Å². The molecule has 1 aliphatic rings. The van der Waals surface area contributed by atoms with Crippen LogP contribution in [-0.2, 0) is 0 Å². The van der Waals surface area contributed by atoms with Crippen molar-refractivity contribution in [1.82, 2.24) is 9.88 Å². The van der Waals surface area contributed by atoms with Crippen LogP contribution in [0.3, 0.4) is 0 Å². The maximum absolute atomic E-state index is 5.75. The first-order valence-corrected chi connectivity index (χ1v) is 12.3. The van der Waals surface area contributed by atoms with E-state index >= 15 is 0 Å². The summed E-state index contributed by atoms with van der Waals surface area (Å²) in [7, 11) is 1.90. The summed E-state index contributed by atoms with van der Waals surface area (Å²) in [6, 6.07) is 6.59. The van der Waals surface area contributed by atoms with Gasteiger partial charge in [0.1, 0.15) is 0 Å². The summed E-state index contributed by atoms with van der Waals surface area (Å²) in [6.45, 7) is 26.4. The largest absolute Gasteiger partial charge is 0.404 e. The fourth-order valence-corrected chi connectivity index (χ4v) is 4.29. The molecule has 0 bridgehead atoms. The molecule has 2 heterocycles. The van der Waals surface area contributed by atoms with Gasteiger partial charge in [-0.3, -0.25) is 4.99 Å². The van der Waals surface area contributed by atoms with E-state index in [9.17, 15) is 0 Å². The van der Waals surface area contributed by atoms with Gasteiger partial charge in [0.2, 0.25) is 0 Å². The SMILES string of the molecule is C=CCCC(C(=C)NC)n1c(=C)c2ccc(N3CC(C#CC(C=NC(C)(C)C=C)=CN)C3)cc2c1=C. The topological polar surface area (TPSA) is 58.6 Å². The van der Waals surface area contributed by atoms with Crippen LogP contribution in [0.4, 0.5) is 5.69 Å². The molecule has 0 radical (unpaired) electrons. The molecule has 3 rings (SSSR count). The number of likely N-dealkylation sites (N-methyl/N-ethyl adjacent to an activating group) is 1. The van der Waals surface area contributed by atoms with Crippen molar-refractivity contribution in [2.45, 2.75) is 38.3 Å². The maximum Gasteiger partial charge on any atom is 0.0734 e. The van der Waals surface area contributed by atoms with E-state index in [1.165, 1.54) is 11.9 Å². The molecule has 3 N–H and O–H groups in total. The fourth-order valence-electron chi connectivity index (χ4n) is 4.29. The second-order valence-corrected chi connectivity index (χ2v) is 9.76. The summed E-state index contributed by atoms with van der Waals surface area (Å²) in [5, 5.41) is 7.37. The Kier molecular flexibility index (Phi) is 8.32. The van der Waals surface area contributed by atoms with Crippen LogP contribution in [0.1, 0.15) is 32.7 Å². The summed E-state index contributed by atoms with van der Waals surface area (Å²) in [5.74, 6) is 6.78. The minimum Gasteiger partial charge on any atom is -0.404 e. The van der Waals surface area contributed by atoms with Gasteiger partial charge < -0.3 is 20.5 Å². The van der Waals surface area contributed by atoms with Crippen molar-refractivity contribution in [3.8, 4) is 11.8 Å². The second-order valence-electron chi connectivity index (χ2n) is 9.76. The lowest BCUT2D eigenvalue weighted by molar-refractivity contribution is 0.499. The van der Waals surface area contributed by atoms with Gasteiger partial charge in [0.15, 0.2) is 0 Å². The summed E-state index contributed by atoms with van der Waals surface area (Å²) in [6.07, 6.45) is 8.74. The fraction of sp³-hybridized carbons (Fsp3) is 0.323. The van der Waals surface area contributed by atoms with Gasteiger partial charge in [-0.2, -0.15) is 0 Å². The van der Waals surface area contributed by atoms with Crippen LogP contribution in [0, 0.1) is 17.8 Å². The Labute approximate surface area is 215 Å². The first-order valence-electron chi connectivity index (χ1n) is 12.3. The number of hydrogen-bond acceptors (Lipinski definition) is 4. The standard InChI is InChI=1S/C31H39N5/c1-9-11-12-30(22(3)33-8)36-23(4)28-16-15-27(17-29(28)24(36)5)35-20-26(21-35)14-13-25(18-32)19-34-31(6,7)10-2/h9-10,15-19,26,30,33H,1-5,11-12,20-21,32H2,6-8H3. The van der Waals surface area contributed by atoms with Gasteiger partial charge in [-0.25, -0.2) is 0 Å². The minimum absolute atomic E-state index is 0.0675. The summed E-state index contributed by atoms with van der Waals surface area (Å²) < 4.78 is 2.21. The minimum atomic E-state index is -0.340. The Morgan fingerprint density at radius 3 is 2.56 bits per heavy atom. The third kappa shape index (κ3) is 5.66. The number of fused-ring (bicyclic) bond motifs is 1. The molecule has 0 spiro atoms. The molecule has 5 nitrogen and oxygen atoms in total. The van der Waals surface area contributed by atoms with Crippen molar-refractivity contribution in [2.75, 3.05) is 25.0 Å². The summed E-state index contributed by atoms with van der Waals surface area (Å²) in [5.41, 5.74) is 8.23. The molecule has 1 unspecified atom stereocenters. The zero-order chi connectivity index (χ0) is 26.5. The predicted octanol–water partition coefficient (Wildman–Crippen LogP) is 4.02. The summed E-state index contributed by atoms with van der Waals surface area (Å²) >= 11 is 0. The zero-order valence-electron chi connectivity index (χ0n) is 22.0. The quantitative estimate of drug-likeness (QED) is 0.306. The van der Waals surface area contributed by atoms with Gasteiger partial charge in [-0.05, 0) is 38.8 Å². The highest BCUT2D eigenvalue weighted by molar-refractivity contribution is 5.87. The van der Waals surface area contributed by atoms with Gasteiger partial charge in [0, 0.05) is 65.4 Å². The van der Waals surface area contributed by atoms with Crippen molar-refractivity contribution in [3.05, 3.63) is 78.3 Å². The van der Waals surface area contributed by atoms with Gasteiger partial charge in [0.25, 0.3) is 0 Å². The third-order valence-electron chi connectivity index (χ3n) is 6.77. The highest BCUT2D eigenvalue weighted by atomic mass is 15.2. The van der Waals surface area contributed by atoms with Crippen LogP contribution in [0.15, 0.2) is 72.6 Å². The van der Waals surface area contributed by atoms with Crippen LogP contribution >= 0.6 is 0 Å². The van der Waals surface area contributed by atoms with E-state index in [-0.39, 0.29) is 17.5 Å². The third-order valence-corrected chi connectivity index (χ3v) is 6.77. The summed E-state index contributed by atoms with van der Waals surface area (Å²) in [4.78, 5) is 6.82. The van der Waals surface area contributed by atoms with Crippen molar-refractivity contribution < 1.29 is 0 Å². The molecule has 5 heteroatoms. The van der Waals surface area contributed by atoms with Gasteiger partial charge in [-0.15, -0.1) is 13.2 Å². The van der Waals surface area contributed by atoms with Gasteiger partial charge >= 0.3 is 0 Å². The predicted molar refractivity (Wildman–Crippen MR) is 157 cm³/mol. The lowest BCUT2D eigenvalue weighted by Gasteiger charge is -2.38. The number of aromatic nitrogens is 1. The number of aliphatic imine (C=N–C) groups is 1. The molecule has 1 aromatic heterocycles. The molecule has 1 aromatic carbocycles. The Morgan fingerprint density at radius 1 is 1.25 bits per heavy atom. The molecule has 36 heavy (non-hydrogen) atoms. The number of nitrogens with zero attached hydrogens (tertiary/aromatic N) is 3. The van der Waals surface area contributed by atoms with Crippen molar-refractivity contribution in [3.63, 3.8) is 0 Å². The maximum atomic E-state index is 5.75. The number of rotatable bonds is 10. The van der Waals surface area contributed by atoms with E-state index in [0.29, 0.717) is 5.57 Å². The van der Waals surface area contributed by atoms with Crippen molar-refractivity contribution >= 4 is 35.8 Å². The molecule has 1 fully saturated rings. The molecule has 0 aliphatic carbocycles. The normalized spacial score (nSPS) is 15.3. The van der Waals surface area contributed by atoms with E-state index in [1.54, 1.807) is 12.3 Å². The van der Waals surface area contributed by atoms with E-state index in [0.717, 1.165) is 53.1 Å². The first-order chi connectivity index (χ1) is 17.1. The Bertz CT molecular complexity index is 1370. The molecule has 0 saturated carbocycles. The first kappa shape index (κ1) is 26.7. The monoisotopic (exact) mass is 481 g/mol. The molecule has 2 aromatic rings. The van der Waals surface area contributed by atoms with Crippen LogP contribution < -0.4 is 26.6 Å². The second kappa shape index (κ2) is 11.2. The number of anilines is 1. The van der Waals surface area contributed by atoms with E-state index in [2.05, 4.69) is 82.7 Å².